The number of nitrogens with one attached hydrogen (secondary N) is 1. The van der Waals surface area contributed by atoms with Crippen LogP contribution in [0.4, 0.5) is 0 Å². The topological polar surface area (TPSA) is 41.5 Å². The zero-order valence-electron chi connectivity index (χ0n) is 6.76. The summed E-state index contributed by atoms with van der Waals surface area (Å²) >= 11 is 0. The first kappa shape index (κ1) is 9.88. The molecule has 0 aliphatic rings. The minimum atomic E-state index is -0.307. The van der Waals surface area contributed by atoms with E-state index in [9.17, 15) is 0 Å². The molecule has 0 spiro atoms. The lowest BCUT2D eigenvalue weighted by molar-refractivity contribution is 0.0277. The van der Waals surface area contributed by atoms with Crippen molar-refractivity contribution in [3.05, 3.63) is 0 Å². The first-order valence-electron chi connectivity index (χ1n) is 3.77. The van der Waals surface area contributed by atoms with Crippen LogP contribution in [-0.2, 0) is 4.74 Å². The molecule has 0 saturated carbocycles. The van der Waals surface area contributed by atoms with Crippen LogP contribution in [0.3, 0.4) is 0 Å². The third-order valence-corrected chi connectivity index (χ3v) is 1.24. The number of hydrogen-bond donors (Lipinski definition) is 2. The number of ether oxygens (including phenoxy) is 1. The van der Waals surface area contributed by atoms with E-state index in [4.69, 9.17) is 9.84 Å². The smallest absolute Gasteiger partial charge is 0.0966 e. The van der Waals surface area contributed by atoms with E-state index in [1.807, 2.05) is 13.8 Å². The molecule has 1 unspecified atom stereocenters. The number of rotatable bonds is 6. The lowest BCUT2D eigenvalue weighted by Gasteiger charge is -2.08. The average Bonchev–Trinajstić information content (AvgIpc) is 1.98. The quantitative estimate of drug-likeness (QED) is 0.420. The fourth-order valence-corrected chi connectivity index (χ4v) is 0.487. The Morgan fingerprint density at radius 2 is 2.20 bits per heavy atom. The molecule has 0 heterocycles. The standard InChI is InChI=1S/C7H17NO2/c1-3-7(9)5-10-6-8-4-2/h7-9H,3-6H2,1-2H3. The van der Waals surface area contributed by atoms with Crippen molar-refractivity contribution in [2.45, 2.75) is 26.4 Å². The van der Waals surface area contributed by atoms with Gasteiger partial charge in [0.2, 0.25) is 0 Å². The first-order valence-corrected chi connectivity index (χ1v) is 3.77. The summed E-state index contributed by atoms with van der Waals surface area (Å²) in [5.41, 5.74) is 0. The second kappa shape index (κ2) is 6.99. The van der Waals surface area contributed by atoms with Gasteiger partial charge < -0.3 is 9.84 Å². The molecule has 0 aromatic heterocycles. The molecule has 1 atom stereocenters. The van der Waals surface area contributed by atoms with Crippen molar-refractivity contribution in [1.29, 1.82) is 0 Å². The molecule has 0 bridgehead atoms. The lowest BCUT2D eigenvalue weighted by atomic mass is 10.3. The highest BCUT2D eigenvalue weighted by atomic mass is 16.5. The van der Waals surface area contributed by atoms with Crippen molar-refractivity contribution >= 4 is 0 Å². The van der Waals surface area contributed by atoms with Crippen molar-refractivity contribution in [2.75, 3.05) is 19.9 Å². The summed E-state index contributed by atoms with van der Waals surface area (Å²) in [5, 5.41) is 12.0. The molecule has 0 rings (SSSR count). The molecule has 3 heteroatoms. The maximum Gasteiger partial charge on any atom is 0.0966 e. The molecule has 0 saturated heterocycles. The predicted octanol–water partition coefficient (Wildman–Crippen LogP) is 0.341. The van der Waals surface area contributed by atoms with Gasteiger partial charge in [0.15, 0.2) is 0 Å². The Bertz CT molecular complexity index is 68.6. The van der Waals surface area contributed by atoms with E-state index in [-0.39, 0.29) is 6.10 Å². The Balaban J connectivity index is 2.89. The maximum atomic E-state index is 9.00. The largest absolute Gasteiger partial charge is 0.391 e. The van der Waals surface area contributed by atoms with Crippen LogP contribution in [-0.4, -0.2) is 31.1 Å². The molecule has 0 aliphatic heterocycles. The van der Waals surface area contributed by atoms with Gasteiger partial charge in [0.05, 0.1) is 19.4 Å². The monoisotopic (exact) mass is 147 g/mol. The molecule has 0 aromatic rings. The van der Waals surface area contributed by atoms with Crippen molar-refractivity contribution < 1.29 is 9.84 Å². The highest BCUT2D eigenvalue weighted by Gasteiger charge is 1.97. The van der Waals surface area contributed by atoms with E-state index in [1.165, 1.54) is 0 Å². The highest BCUT2D eigenvalue weighted by Crippen LogP contribution is 1.88. The lowest BCUT2D eigenvalue weighted by Crippen LogP contribution is -2.22. The van der Waals surface area contributed by atoms with Crippen LogP contribution in [0.2, 0.25) is 0 Å². The second-order valence-electron chi connectivity index (χ2n) is 2.18. The van der Waals surface area contributed by atoms with Crippen LogP contribution in [0.15, 0.2) is 0 Å². The van der Waals surface area contributed by atoms with E-state index in [2.05, 4.69) is 5.32 Å². The van der Waals surface area contributed by atoms with Gasteiger partial charge in [-0.2, -0.15) is 0 Å². The Morgan fingerprint density at radius 3 is 2.70 bits per heavy atom. The first-order chi connectivity index (χ1) is 4.81. The summed E-state index contributed by atoms with van der Waals surface area (Å²) in [5.74, 6) is 0. The molecule has 62 valence electrons. The van der Waals surface area contributed by atoms with Crippen LogP contribution in [0, 0.1) is 0 Å². The second-order valence-corrected chi connectivity index (χ2v) is 2.18. The van der Waals surface area contributed by atoms with Gasteiger partial charge in [-0.15, -0.1) is 0 Å². The molecule has 0 aromatic carbocycles. The van der Waals surface area contributed by atoms with Crippen molar-refractivity contribution in [2.24, 2.45) is 0 Å². The van der Waals surface area contributed by atoms with Gasteiger partial charge >= 0.3 is 0 Å². The highest BCUT2D eigenvalue weighted by molar-refractivity contribution is 4.47. The Kier molecular flexibility index (Phi) is 6.91. The van der Waals surface area contributed by atoms with Crippen LogP contribution >= 0.6 is 0 Å². The fourth-order valence-electron chi connectivity index (χ4n) is 0.487. The van der Waals surface area contributed by atoms with Crippen LogP contribution in [0.5, 0.6) is 0 Å². The van der Waals surface area contributed by atoms with Gasteiger partial charge in [-0.1, -0.05) is 13.8 Å². The van der Waals surface area contributed by atoms with Crippen LogP contribution < -0.4 is 5.32 Å². The van der Waals surface area contributed by atoms with E-state index >= 15 is 0 Å². The van der Waals surface area contributed by atoms with Crippen LogP contribution in [0.25, 0.3) is 0 Å². The molecule has 3 nitrogen and oxygen atoms in total. The zero-order chi connectivity index (χ0) is 7.82. The van der Waals surface area contributed by atoms with Gasteiger partial charge in [0.25, 0.3) is 0 Å². The SMILES string of the molecule is CCNCOCC(O)CC. The third kappa shape index (κ3) is 6.01. The minimum Gasteiger partial charge on any atom is -0.391 e. The van der Waals surface area contributed by atoms with Gasteiger partial charge in [0.1, 0.15) is 0 Å². The summed E-state index contributed by atoms with van der Waals surface area (Å²) in [6.07, 6.45) is 0.449. The minimum absolute atomic E-state index is 0.307. The van der Waals surface area contributed by atoms with E-state index in [1.54, 1.807) is 0 Å². The number of hydrogen-bond acceptors (Lipinski definition) is 3. The third-order valence-electron chi connectivity index (χ3n) is 1.24. The van der Waals surface area contributed by atoms with Crippen molar-refractivity contribution in [3.8, 4) is 0 Å². The molecule has 2 N–H and O–H groups in total. The molecule has 0 amide bonds. The van der Waals surface area contributed by atoms with Gasteiger partial charge in [-0.3, -0.25) is 5.32 Å². The van der Waals surface area contributed by atoms with Crippen molar-refractivity contribution in [1.82, 2.24) is 5.32 Å². The van der Waals surface area contributed by atoms with E-state index in [0.29, 0.717) is 13.3 Å². The van der Waals surface area contributed by atoms with E-state index < -0.39 is 0 Å². The molecule has 0 aliphatic carbocycles. The Labute approximate surface area is 62.4 Å². The number of aliphatic hydroxyl groups is 1. The van der Waals surface area contributed by atoms with Crippen LogP contribution in [0.1, 0.15) is 20.3 Å². The molecular formula is C7H17NO2. The Hall–Kier alpha value is -0.120. The summed E-state index contributed by atoms with van der Waals surface area (Å²) in [4.78, 5) is 0. The summed E-state index contributed by atoms with van der Waals surface area (Å²) in [6.45, 7) is 5.82. The summed E-state index contributed by atoms with van der Waals surface area (Å²) in [6, 6.07) is 0. The van der Waals surface area contributed by atoms with Gasteiger partial charge in [-0.25, -0.2) is 0 Å². The van der Waals surface area contributed by atoms with E-state index in [0.717, 1.165) is 13.0 Å². The molecule has 0 radical (unpaired) electrons. The predicted molar refractivity (Wildman–Crippen MR) is 40.8 cm³/mol. The molecule has 0 fully saturated rings. The average molecular weight is 147 g/mol. The number of aliphatic hydroxyl groups excluding tert-OH is 1. The summed E-state index contributed by atoms with van der Waals surface area (Å²) < 4.78 is 5.07. The zero-order valence-corrected chi connectivity index (χ0v) is 6.76. The molecule has 10 heavy (non-hydrogen) atoms. The maximum absolute atomic E-state index is 9.00. The summed E-state index contributed by atoms with van der Waals surface area (Å²) in [7, 11) is 0. The fraction of sp³-hybridized carbons (Fsp3) is 1.00. The van der Waals surface area contributed by atoms with Gasteiger partial charge in [-0.05, 0) is 13.0 Å². The Morgan fingerprint density at radius 1 is 1.50 bits per heavy atom. The molecular weight excluding hydrogens is 130 g/mol. The van der Waals surface area contributed by atoms with Gasteiger partial charge in [0, 0.05) is 0 Å². The van der Waals surface area contributed by atoms with Crippen molar-refractivity contribution in [3.63, 3.8) is 0 Å². The normalized spacial score (nSPS) is 13.5.